The molecule has 136 valence electrons. The van der Waals surface area contributed by atoms with E-state index in [4.69, 9.17) is 0 Å². The summed E-state index contributed by atoms with van der Waals surface area (Å²) >= 11 is 1.56. The summed E-state index contributed by atoms with van der Waals surface area (Å²) < 4.78 is 28.6. The Labute approximate surface area is 161 Å². The number of rotatable bonds is 4. The molecule has 0 atom stereocenters. The van der Waals surface area contributed by atoms with Gasteiger partial charge in [-0.05, 0) is 43.7 Å². The zero-order chi connectivity index (χ0) is 19.0. The van der Waals surface area contributed by atoms with Gasteiger partial charge in [0.1, 0.15) is 4.90 Å². The maximum atomic E-state index is 13.0. The predicted molar refractivity (Wildman–Crippen MR) is 110 cm³/mol. The number of fused-ring (bicyclic) bond motifs is 1. The number of pyridine rings is 1. The molecule has 0 saturated carbocycles. The Bertz CT molecular complexity index is 1250. The van der Waals surface area contributed by atoms with Gasteiger partial charge >= 0.3 is 0 Å². The lowest BCUT2D eigenvalue weighted by atomic mass is 10.1. The maximum Gasteiger partial charge on any atom is 0.264 e. The van der Waals surface area contributed by atoms with Crippen molar-refractivity contribution in [3.8, 4) is 11.3 Å². The highest BCUT2D eigenvalue weighted by Gasteiger charge is 2.19. The Morgan fingerprint density at radius 2 is 1.85 bits per heavy atom. The van der Waals surface area contributed by atoms with E-state index in [1.165, 1.54) is 0 Å². The minimum absolute atomic E-state index is 0.162. The number of benzene rings is 2. The smallest absolute Gasteiger partial charge is 0.264 e. The van der Waals surface area contributed by atoms with Crippen molar-refractivity contribution < 1.29 is 8.42 Å². The molecular weight excluding hydrogens is 378 g/mol. The van der Waals surface area contributed by atoms with E-state index in [9.17, 15) is 8.42 Å². The molecule has 0 saturated heterocycles. The fourth-order valence-electron chi connectivity index (χ4n) is 2.91. The number of nitrogens with zero attached hydrogens (tertiary/aromatic N) is 2. The van der Waals surface area contributed by atoms with Crippen molar-refractivity contribution in [3.05, 3.63) is 70.7 Å². The molecule has 1 N–H and O–H groups in total. The second-order valence-corrected chi connectivity index (χ2v) is 8.99. The summed E-state index contributed by atoms with van der Waals surface area (Å²) in [5, 5.41) is 3.72. The Morgan fingerprint density at radius 1 is 1.04 bits per heavy atom. The van der Waals surface area contributed by atoms with E-state index in [-0.39, 0.29) is 4.90 Å². The predicted octanol–water partition coefficient (Wildman–Crippen LogP) is 4.78. The van der Waals surface area contributed by atoms with Gasteiger partial charge in [0.05, 0.1) is 16.2 Å². The summed E-state index contributed by atoms with van der Waals surface area (Å²) in [7, 11) is -3.78. The van der Waals surface area contributed by atoms with Crippen molar-refractivity contribution in [1.82, 2.24) is 9.97 Å². The van der Waals surface area contributed by atoms with Gasteiger partial charge in [-0.1, -0.05) is 24.3 Å². The molecule has 0 bridgehead atoms. The zero-order valence-electron chi connectivity index (χ0n) is 14.8. The van der Waals surface area contributed by atoms with Crippen molar-refractivity contribution >= 4 is 38.0 Å². The molecule has 0 spiro atoms. The van der Waals surface area contributed by atoms with E-state index >= 15 is 0 Å². The van der Waals surface area contributed by atoms with E-state index in [1.54, 1.807) is 41.8 Å². The molecule has 0 unspecified atom stereocenters. The van der Waals surface area contributed by atoms with Crippen LogP contribution in [0.15, 0.2) is 65.0 Å². The third-order valence-corrected chi connectivity index (χ3v) is 6.32. The average Bonchev–Trinajstić information content (AvgIpc) is 3.07. The molecule has 4 rings (SSSR count). The summed E-state index contributed by atoms with van der Waals surface area (Å²) in [6.45, 7) is 3.87. The van der Waals surface area contributed by atoms with Crippen LogP contribution in [0.3, 0.4) is 0 Å². The first-order chi connectivity index (χ1) is 12.9. The molecule has 0 aliphatic carbocycles. The van der Waals surface area contributed by atoms with Crippen molar-refractivity contribution in [2.75, 3.05) is 4.72 Å². The maximum absolute atomic E-state index is 13.0. The number of para-hydroxylation sites is 1. The molecule has 0 fully saturated rings. The average molecular weight is 396 g/mol. The lowest BCUT2D eigenvalue weighted by Crippen LogP contribution is -2.13. The first-order valence-electron chi connectivity index (χ1n) is 8.33. The number of nitrogens with one attached hydrogen (secondary N) is 1. The molecule has 2 aromatic carbocycles. The Hall–Kier alpha value is -2.77. The van der Waals surface area contributed by atoms with Crippen LogP contribution < -0.4 is 4.72 Å². The first-order valence-corrected chi connectivity index (χ1v) is 10.7. The fourth-order valence-corrected chi connectivity index (χ4v) is 4.76. The van der Waals surface area contributed by atoms with Crippen LogP contribution in [0.2, 0.25) is 0 Å². The second-order valence-electron chi connectivity index (χ2n) is 6.28. The highest BCUT2D eigenvalue weighted by Crippen LogP contribution is 2.27. The third kappa shape index (κ3) is 3.56. The number of sulfonamides is 1. The van der Waals surface area contributed by atoms with Gasteiger partial charge < -0.3 is 0 Å². The zero-order valence-corrected chi connectivity index (χ0v) is 16.4. The van der Waals surface area contributed by atoms with E-state index in [1.807, 2.05) is 43.5 Å². The van der Waals surface area contributed by atoms with Crippen LogP contribution in [0.5, 0.6) is 0 Å². The second kappa shape index (κ2) is 6.75. The molecule has 2 heterocycles. The highest BCUT2D eigenvalue weighted by molar-refractivity contribution is 7.93. The molecule has 0 amide bonds. The lowest BCUT2D eigenvalue weighted by molar-refractivity contribution is 0.602. The number of aryl methyl sites for hydroxylation is 2. The quantitative estimate of drug-likeness (QED) is 0.540. The molecule has 0 aliphatic heterocycles. The number of hydrogen-bond donors (Lipinski definition) is 1. The molecule has 27 heavy (non-hydrogen) atoms. The van der Waals surface area contributed by atoms with Gasteiger partial charge in [0, 0.05) is 28.2 Å². The first kappa shape index (κ1) is 17.6. The minimum atomic E-state index is -3.78. The van der Waals surface area contributed by atoms with Crippen LogP contribution >= 0.6 is 11.3 Å². The van der Waals surface area contributed by atoms with E-state index in [0.717, 1.165) is 27.2 Å². The summed E-state index contributed by atoms with van der Waals surface area (Å²) in [4.78, 5) is 8.95. The van der Waals surface area contributed by atoms with Crippen LogP contribution in [-0.2, 0) is 10.0 Å². The van der Waals surface area contributed by atoms with Gasteiger partial charge in [0.15, 0.2) is 0 Å². The van der Waals surface area contributed by atoms with Crippen LogP contribution in [0.1, 0.15) is 10.6 Å². The lowest BCUT2D eigenvalue weighted by Gasteiger charge is -2.11. The summed E-state index contributed by atoms with van der Waals surface area (Å²) in [5.41, 5.74) is 3.63. The van der Waals surface area contributed by atoms with Crippen LogP contribution in [0, 0.1) is 13.8 Å². The molecule has 7 heteroatoms. The summed E-state index contributed by atoms with van der Waals surface area (Å²) in [5.74, 6) is 0. The standard InChI is InChI=1S/C20H17N3O2S2/c1-13-9-16-6-4-8-19(20(16)21-11-13)27(24,25)23-17-7-3-5-15(10-17)18-12-26-14(2)22-18/h3-12,23H,1-2H3. The molecule has 0 aliphatic rings. The van der Waals surface area contributed by atoms with Crippen LogP contribution in [0.4, 0.5) is 5.69 Å². The largest absolute Gasteiger partial charge is 0.280 e. The molecule has 0 radical (unpaired) electrons. The van der Waals surface area contributed by atoms with Crippen molar-refractivity contribution in [2.45, 2.75) is 18.7 Å². The fraction of sp³-hybridized carbons (Fsp3) is 0.100. The molecular formula is C20H17N3O2S2. The van der Waals surface area contributed by atoms with Crippen LogP contribution in [-0.4, -0.2) is 18.4 Å². The summed E-state index contributed by atoms with van der Waals surface area (Å²) in [6.07, 6.45) is 1.67. The number of thiazole rings is 1. The Balaban J connectivity index is 1.72. The topological polar surface area (TPSA) is 72.0 Å². The van der Waals surface area contributed by atoms with E-state index in [0.29, 0.717) is 11.2 Å². The monoisotopic (exact) mass is 395 g/mol. The van der Waals surface area contributed by atoms with Gasteiger partial charge in [-0.3, -0.25) is 9.71 Å². The third-order valence-electron chi connectivity index (χ3n) is 4.13. The number of hydrogen-bond acceptors (Lipinski definition) is 5. The van der Waals surface area contributed by atoms with Gasteiger partial charge in [-0.25, -0.2) is 13.4 Å². The number of anilines is 1. The Morgan fingerprint density at radius 3 is 2.63 bits per heavy atom. The van der Waals surface area contributed by atoms with Gasteiger partial charge in [-0.15, -0.1) is 11.3 Å². The molecule has 5 nitrogen and oxygen atoms in total. The van der Waals surface area contributed by atoms with Crippen molar-refractivity contribution in [3.63, 3.8) is 0 Å². The van der Waals surface area contributed by atoms with Gasteiger partial charge in [0.2, 0.25) is 0 Å². The summed E-state index contributed by atoms with van der Waals surface area (Å²) in [6, 6.07) is 14.3. The number of aromatic nitrogens is 2. The molecule has 4 aromatic rings. The SMILES string of the molecule is Cc1cnc2c(S(=O)(=O)Nc3cccc(-c4csc(C)n4)c3)cccc2c1. The van der Waals surface area contributed by atoms with Gasteiger partial charge in [-0.2, -0.15) is 0 Å². The Kier molecular flexibility index (Phi) is 4.41. The van der Waals surface area contributed by atoms with Crippen molar-refractivity contribution in [1.29, 1.82) is 0 Å². The minimum Gasteiger partial charge on any atom is -0.280 e. The van der Waals surface area contributed by atoms with E-state index < -0.39 is 10.0 Å². The normalized spacial score (nSPS) is 11.6. The van der Waals surface area contributed by atoms with Crippen molar-refractivity contribution in [2.24, 2.45) is 0 Å². The highest BCUT2D eigenvalue weighted by atomic mass is 32.2. The van der Waals surface area contributed by atoms with Gasteiger partial charge in [0.25, 0.3) is 10.0 Å². The van der Waals surface area contributed by atoms with Crippen LogP contribution in [0.25, 0.3) is 22.2 Å². The van der Waals surface area contributed by atoms with E-state index in [2.05, 4.69) is 14.7 Å². The molecule has 2 aromatic heterocycles.